The number of nitrogens with zero attached hydrogens (tertiary/aromatic N) is 2. The van der Waals surface area contributed by atoms with Crippen molar-refractivity contribution < 1.29 is 9.72 Å². The van der Waals surface area contributed by atoms with Crippen LogP contribution in [-0.2, 0) is 0 Å². The number of nitro groups is 1. The van der Waals surface area contributed by atoms with E-state index in [-0.39, 0.29) is 11.6 Å². The number of anilines is 1. The number of non-ortho nitro benzene ring substituents is 1. The summed E-state index contributed by atoms with van der Waals surface area (Å²) >= 11 is 0. The van der Waals surface area contributed by atoms with Crippen LogP contribution in [0.15, 0.2) is 18.2 Å². The monoisotopic (exact) mass is 277 g/mol. The van der Waals surface area contributed by atoms with Gasteiger partial charge in [-0.05, 0) is 24.8 Å². The van der Waals surface area contributed by atoms with Crippen molar-refractivity contribution in [3.05, 3.63) is 33.9 Å². The third kappa shape index (κ3) is 2.89. The molecule has 1 aromatic carbocycles. The van der Waals surface area contributed by atoms with Crippen LogP contribution in [0, 0.1) is 16.0 Å². The molecule has 1 heterocycles. The predicted molar refractivity (Wildman–Crippen MR) is 77.1 cm³/mol. The Morgan fingerprint density at radius 3 is 2.60 bits per heavy atom. The Hall–Kier alpha value is -2.11. The van der Waals surface area contributed by atoms with E-state index in [1.165, 1.54) is 19.2 Å². The van der Waals surface area contributed by atoms with E-state index in [1.807, 2.05) is 0 Å². The molecule has 20 heavy (non-hydrogen) atoms. The van der Waals surface area contributed by atoms with Gasteiger partial charge in [0.2, 0.25) is 0 Å². The Morgan fingerprint density at radius 1 is 1.40 bits per heavy atom. The van der Waals surface area contributed by atoms with Gasteiger partial charge in [0.05, 0.1) is 16.2 Å². The molecule has 0 atom stereocenters. The average molecular weight is 277 g/mol. The number of amides is 1. The zero-order valence-electron chi connectivity index (χ0n) is 11.8. The van der Waals surface area contributed by atoms with E-state index < -0.39 is 4.92 Å². The third-order valence-electron chi connectivity index (χ3n) is 3.79. The molecule has 6 heteroatoms. The summed E-state index contributed by atoms with van der Waals surface area (Å²) in [5.41, 5.74) is 1.09. The Morgan fingerprint density at radius 2 is 2.05 bits per heavy atom. The van der Waals surface area contributed by atoms with E-state index in [1.54, 1.807) is 6.07 Å². The van der Waals surface area contributed by atoms with E-state index in [0.29, 0.717) is 11.5 Å². The van der Waals surface area contributed by atoms with E-state index in [9.17, 15) is 14.9 Å². The lowest BCUT2D eigenvalue weighted by Crippen LogP contribution is -2.34. The van der Waals surface area contributed by atoms with Crippen molar-refractivity contribution in [1.82, 2.24) is 5.32 Å². The summed E-state index contributed by atoms with van der Waals surface area (Å²) in [4.78, 5) is 24.5. The molecule has 1 amide bonds. The lowest BCUT2D eigenvalue weighted by atomic mass is 9.98. The summed E-state index contributed by atoms with van der Waals surface area (Å²) in [6, 6.07) is 4.49. The van der Waals surface area contributed by atoms with Gasteiger partial charge in [0.1, 0.15) is 0 Å². The standard InChI is InChI=1S/C14H19N3O3/c1-10-5-7-16(8-6-10)13-4-3-11(17(19)20)9-12(13)14(18)15-2/h3-4,9-10H,5-8H2,1-2H3,(H,15,18). The van der Waals surface area contributed by atoms with Gasteiger partial charge in [0.15, 0.2) is 0 Å². The van der Waals surface area contributed by atoms with Gasteiger partial charge in [-0.25, -0.2) is 0 Å². The number of hydrogen-bond donors (Lipinski definition) is 1. The van der Waals surface area contributed by atoms with Crippen molar-refractivity contribution >= 4 is 17.3 Å². The summed E-state index contributed by atoms with van der Waals surface area (Å²) in [6.45, 7) is 3.97. The van der Waals surface area contributed by atoms with Crippen molar-refractivity contribution in [3.8, 4) is 0 Å². The second-order valence-corrected chi connectivity index (χ2v) is 5.21. The van der Waals surface area contributed by atoms with Crippen LogP contribution in [0.2, 0.25) is 0 Å². The maximum atomic E-state index is 12.0. The smallest absolute Gasteiger partial charge is 0.270 e. The van der Waals surface area contributed by atoms with Gasteiger partial charge >= 0.3 is 0 Å². The minimum absolute atomic E-state index is 0.0577. The molecule has 1 fully saturated rings. The molecule has 0 radical (unpaired) electrons. The fourth-order valence-corrected chi connectivity index (χ4v) is 2.48. The van der Waals surface area contributed by atoms with Crippen LogP contribution in [-0.4, -0.2) is 31.0 Å². The lowest BCUT2D eigenvalue weighted by molar-refractivity contribution is -0.384. The fourth-order valence-electron chi connectivity index (χ4n) is 2.48. The molecule has 1 aromatic rings. The second-order valence-electron chi connectivity index (χ2n) is 5.21. The highest BCUT2D eigenvalue weighted by molar-refractivity contribution is 6.00. The Kier molecular flexibility index (Phi) is 4.22. The molecule has 6 nitrogen and oxygen atoms in total. The van der Waals surface area contributed by atoms with Crippen LogP contribution in [0.1, 0.15) is 30.1 Å². The lowest BCUT2D eigenvalue weighted by Gasteiger charge is -2.33. The summed E-state index contributed by atoms with van der Waals surface area (Å²) in [5.74, 6) is 0.398. The van der Waals surface area contributed by atoms with Gasteiger partial charge < -0.3 is 10.2 Å². The number of carbonyl (C=O) groups is 1. The van der Waals surface area contributed by atoms with Crippen molar-refractivity contribution in [3.63, 3.8) is 0 Å². The first-order chi connectivity index (χ1) is 9.52. The molecule has 0 saturated carbocycles. The van der Waals surface area contributed by atoms with Crippen LogP contribution in [0.5, 0.6) is 0 Å². The molecular weight excluding hydrogens is 258 g/mol. The van der Waals surface area contributed by atoms with E-state index in [2.05, 4.69) is 17.1 Å². The SMILES string of the molecule is CNC(=O)c1cc([N+](=O)[O-])ccc1N1CCC(C)CC1. The first-order valence-corrected chi connectivity index (χ1v) is 6.78. The Labute approximate surface area is 117 Å². The van der Waals surface area contributed by atoms with Gasteiger partial charge in [-0.3, -0.25) is 14.9 Å². The third-order valence-corrected chi connectivity index (χ3v) is 3.79. The number of nitro benzene ring substituents is 1. The molecule has 1 aliphatic heterocycles. The molecule has 0 bridgehead atoms. The predicted octanol–water partition coefficient (Wildman–Crippen LogP) is 2.19. The molecule has 0 aliphatic carbocycles. The highest BCUT2D eigenvalue weighted by Gasteiger charge is 2.22. The first-order valence-electron chi connectivity index (χ1n) is 6.78. The number of carbonyl (C=O) groups excluding carboxylic acids is 1. The highest BCUT2D eigenvalue weighted by Crippen LogP contribution is 2.29. The molecule has 0 spiro atoms. The van der Waals surface area contributed by atoms with Crippen LogP contribution in [0.4, 0.5) is 11.4 Å². The highest BCUT2D eigenvalue weighted by atomic mass is 16.6. The number of nitrogens with one attached hydrogen (secondary N) is 1. The average Bonchev–Trinajstić information content (AvgIpc) is 2.46. The normalized spacial score (nSPS) is 16.0. The molecule has 0 aromatic heterocycles. The summed E-state index contributed by atoms with van der Waals surface area (Å²) in [5, 5.41) is 13.4. The van der Waals surface area contributed by atoms with Crippen molar-refractivity contribution in [2.24, 2.45) is 5.92 Å². The van der Waals surface area contributed by atoms with E-state index in [0.717, 1.165) is 31.6 Å². The van der Waals surface area contributed by atoms with Crippen LogP contribution >= 0.6 is 0 Å². The fraction of sp³-hybridized carbons (Fsp3) is 0.500. The minimum Gasteiger partial charge on any atom is -0.371 e. The molecule has 1 N–H and O–H groups in total. The van der Waals surface area contributed by atoms with E-state index >= 15 is 0 Å². The van der Waals surface area contributed by atoms with Gasteiger partial charge in [-0.15, -0.1) is 0 Å². The van der Waals surface area contributed by atoms with Crippen LogP contribution in [0.3, 0.4) is 0 Å². The van der Waals surface area contributed by atoms with Gasteiger partial charge in [0, 0.05) is 32.3 Å². The maximum absolute atomic E-state index is 12.0. The summed E-state index contributed by atoms with van der Waals surface area (Å²) in [7, 11) is 1.53. The number of hydrogen-bond acceptors (Lipinski definition) is 4. The van der Waals surface area contributed by atoms with Crippen molar-refractivity contribution in [1.29, 1.82) is 0 Å². The van der Waals surface area contributed by atoms with Crippen molar-refractivity contribution in [2.45, 2.75) is 19.8 Å². The topological polar surface area (TPSA) is 75.5 Å². The molecular formula is C14H19N3O3. The van der Waals surface area contributed by atoms with Gasteiger partial charge in [0.25, 0.3) is 11.6 Å². The molecule has 1 aliphatic rings. The number of piperidine rings is 1. The summed E-state index contributed by atoms with van der Waals surface area (Å²) < 4.78 is 0. The second kappa shape index (κ2) is 5.90. The molecule has 2 rings (SSSR count). The Bertz CT molecular complexity index is 522. The zero-order valence-corrected chi connectivity index (χ0v) is 11.8. The summed E-state index contributed by atoms with van der Waals surface area (Å²) in [6.07, 6.45) is 2.15. The minimum atomic E-state index is -0.478. The maximum Gasteiger partial charge on any atom is 0.270 e. The first kappa shape index (κ1) is 14.3. The van der Waals surface area contributed by atoms with Gasteiger partial charge in [-0.1, -0.05) is 6.92 Å². The van der Waals surface area contributed by atoms with Crippen LogP contribution in [0.25, 0.3) is 0 Å². The number of benzene rings is 1. The van der Waals surface area contributed by atoms with Crippen LogP contribution < -0.4 is 10.2 Å². The molecule has 108 valence electrons. The Balaban J connectivity index is 2.36. The quantitative estimate of drug-likeness (QED) is 0.678. The molecule has 0 unspecified atom stereocenters. The number of rotatable bonds is 3. The van der Waals surface area contributed by atoms with E-state index in [4.69, 9.17) is 0 Å². The zero-order chi connectivity index (χ0) is 14.7. The van der Waals surface area contributed by atoms with Crippen molar-refractivity contribution in [2.75, 3.05) is 25.0 Å². The molecule has 1 saturated heterocycles. The largest absolute Gasteiger partial charge is 0.371 e. The van der Waals surface area contributed by atoms with Gasteiger partial charge in [-0.2, -0.15) is 0 Å².